The largest absolute Gasteiger partial charge is 0.478 e. The zero-order valence-corrected chi connectivity index (χ0v) is 19.3. The summed E-state index contributed by atoms with van der Waals surface area (Å²) in [5.74, 6) is -2.41. The van der Waals surface area contributed by atoms with E-state index in [9.17, 15) is 23.5 Å². The summed E-state index contributed by atoms with van der Waals surface area (Å²) < 4.78 is 34.5. The Kier molecular flexibility index (Phi) is 7.65. The van der Waals surface area contributed by atoms with Crippen molar-refractivity contribution in [2.24, 2.45) is 0 Å². The van der Waals surface area contributed by atoms with Gasteiger partial charge < -0.3 is 19.7 Å². The maximum atomic E-state index is 14.0. The van der Waals surface area contributed by atoms with E-state index >= 15 is 0 Å². The van der Waals surface area contributed by atoms with Crippen LogP contribution in [0.5, 0.6) is 5.75 Å². The Labute approximate surface area is 196 Å². The second-order valence-electron chi connectivity index (χ2n) is 8.37. The van der Waals surface area contributed by atoms with Gasteiger partial charge in [-0.3, -0.25) is 4.79 Å². The van der Waals surface area contributed by atoms with Crippen LogP contribution in [0.3, 0.4) is 0 Å². The highest BCUT2D eigenvalue weighted by Crippen LogP contribution is 2.26. The molecule has 3 aromatic rings. The van der Waals surface area contributed by atoms with Crippen molar-refractivity contribution in [1.82, 2.24) is 9.55 Å². The van der Waals surface area contributed by atoms with E-state index in [0.29, 0.717) is 29.7 Å². The van der Waals surface area contributed by atoms with E-state index in [2.05, 4.69) is 17.2 Å². The zero-order valence-electron chi connectivity index (χ0n) is 19.3. The molecule has 1 aromatic heterocycles. The Morgan fingerprint density at radius 1 is 1.12 bits per heavy atom. The normalized spacial score (nSPS) is 11.3. The maximum Gasteiger partial charge on any atom is 0.347 e. The highest BCUT2D eigenvalue weighted by atomic mass is 19.1. The van der Waals surface area contributed by atoms with Gasteiger partial charge in [0.1, 0.15) is 28.9 Å². The second kappa shape index (κ2) is 10.5. The number of rotatable bonds is 10. The molecule has 0 aliphatic heterocycles. The molecule has 1 heterocycles. The molecule has 0 atom stereocenters. The van der Waals surface area contributed by atoms with Crippen LogP contribution in [0.1, 0.15) is 50.5 Å². The molecule has 0 saturated heterocycles. The molecule has 0 spiro atoms. The van der Waals surface area contributed by atoms with Crippen LogP contribution < -0.4 is 10.1 Å². The van der Waals surface area contributed by atoms with Gasteiger partial charge >= 0.3 is 5.97 Å². The van der Waals surface area contributed by atoms with E-state index in [0.717, 1.165) is 31.4 Å². The number of amides is 1. The minimum atomic E-state index is -1.39. The van der Waals surface area contributed by atoms with E-state index < -0.39 is 29.1 Å². The SMILES string of the molecule is CCCCCn1cc(C(=O)Nc2ccc(F)cc2F)nc1-c1ccc(OC(C)(C)C(=O)O)cc1. The van der Waals surface area contributed by atoms with Crippen molar-refractivity contribution in [2.45, 2.75) is 52.2 Å². The van der Waals surface area contributed by atoms with Gasteiger partial charge in [-0.2, -0.15) is 0 Å². The van der Waals surface area contributed by atoms with E-state index in [1.54, 1.807) is 30.5 Å². The average molecular weight is 472 g/mol. The lowest BCUT2D eigenvalue weighted by molar-refractivity contribution is -0.152. The first-order valence-corrected chi connectivity index (χ1v) is 11.0. The number of aryl methyl sites for hydroxylation is 1. The van der Waals surface area contributed by atoms with Gasteiger partial charge in [0.25, 0.3) is 5.91 Å². The van der Waals surface area contributed by atoms with Crippen molar-refractivity contribution in [3.05, 3.63) is 66.0 Å². The number of halogens is 2. The molecule has 34 heavy (non-hydrogen) atoms. The molecular weight excluding hydrogens is 444 g/mol. The molecule has 7 nitrogen and oxygen atoms in total. The smallest absolute Gasteiger partial charge is 0.347 e. The molecule has 0 aliphatic rings. The third-order valence-corrected chi connectivity index (χ3v) is 5.19. The van der Waals surface area contributed by atoms with Gasteiger partial charge in [-0.05, 0) is 56.7 Å². The lowest BCUT2D eigenvalue weighted by atomic mass is 10.1. The van der Waals surface area contributed by atoms with Crippen LogP contribution in [0.15, 0.2) is 48.7 Å². The van der Waals surface area contributed by atoms with Gasteiger partial charge in [-0.1, -0.05) is 19.8 Å². The number of benzene rings is 2. The van der Waals surface area contributed by atoms with Crippen LogP contribution in [-0.2, 0) is 11.3 Å². The number of aromatic nitrogens is 2. The fourth-order valence-electron chi connectivity index (χ4n) is 3.25. The number of ether oxygens (including phenoxy) is 1. The van der Waals surface area contributed by atoms with E-state index in [1.807, 2.05) is 4.57 Å². The Morgan fingerprint density at radius 2 is 1.82 bits per heavy atom. The number of hydrogen-bond donors (Lipinski definition) is 2. The van der Waals surface area contributed by atoms with Crippen LogP contribution in [0, 0.1) is 11.6 Å². The molecule has 0 fully saturated rings. The Morgan fingerprint density at radius 3 is 2.44 bits per heavy atom. The Hall–Kier alpha value is -3.75. The number of imidazole rings is 1. The highest BCUT2D eigenvalue weighted by Gasteiger charge is 2.29. The molecule has 0 saturated carbocycles. The number of anilines is 1. The van der Waals surface area contributed by atoms with Crippen molar-refractivity contribution >= 4 is 17.6 Å². The molecule has 0 bridgehead atoms. The molecule has 9 heteroatoms. The number of carbonyl (C=O) groups excluding carboxylic acids is 1. The predicted molar refractivity (Wildman–Crippen MR) is 124 cm³/mol. The summed E-state index contributed by atoms with van der Waals surface area (Å²) in [6, 6.07) is 9.64. The van der Waals surface area contributed by atoms with Gasteiger partial charge in [0.05, 0.1) is 5.69 Å². The number of carbonyl (C=O) groups is 2. The molecule has 0 unspecified atom stereocenters. The molecular formula is C25H27F2N3O4. The van der Waals surface area contributed by atoms with Crippen LogP contribution >= 0.6 is 0 Å². The molecule has 180 valence electrons. The van der Waals surface area contributed by atoms with E-state index in [1.165, 1.54) is 13.8 Å². The summed E-state index contributed by atoms with van der Waals surface area (Å²) >= 11 is 0. The maximum absolute atomic E-state index is 14.0. The summed E-state index contributed by atoms with van der Waals surface area (Å²) in [5, 5.41) is 11.7. The number of carboxylic acids is 1. The zero-order chi connectivity index (χ0) is 24.9. The van der Waals surface area contributed by atoms with Crippen LogP contribution in [-0.4, -0.2) is 32.1 Å². The highest BCUT2D eigenvalue weighted by molar-refractivity contribution is 6.03. The quantitative estimate of drug-likeness (QED) is 0.380. The van der Waals surface area contributed by atoms with Crippen molar-refractivity contribution in [3.8, 4) is 17.1 Å². The Balaban J connectivity index is 1.87. The first-order valence-electron chi connectivity index (χ1n) is 11.0. The van der Waals surface area contributed by atoms with Crippen LogP contribution in [0.2, 0.25) is 0 Å². The average Bonchev–Trinajstić information content (AvgIpc) is 3.20. The lowest BCUT2D eigenvalue weighted by Gasteiger charge is -2.21. The molecule has 1 amide bonds. The molecule has 0 aliphatic carbocycles. The van der Waals surface area contributed by atoms with Crippen molar-refractivity contribution in [3.63, 3.8) is 0 Å². The van der Waals surface area contributed by atoms with Gasteiger partial charge in [0.15, 0.2) is 5.60 Å². The third-order valence-electron chi connectivity index (χ3n) is 5.19. The van der Waals surface area contributed by atoms with Crippen LogP contribution in [0.4, 0.5) is 14.5 Å². The van der Waals surface area contributed by atoms with Crippen LogP contribution in [0.25, 0.3) is 11.4 Å². The predicted octanol–water partition coefficient (Wildman–Crippen LogP) is 5.51. The molecule has 3 rings (SSSR count). The van der Waals surface area contributed by atoms with Crippen molar-refractivity contribution in [1.29, 1.82) is 0 Å². The fraction of sp³-hybridized carbons (Fsp3) is 0.320. The number of unbranched alkanes of at least 4 members (excludes halogenated alkanes) is 2. The number of nitrogens with zero attached hydrogens (tertiary/aromatic N) is 2. The van der Waals surface area contributed by atoms with Gasteiger partial charge in [-0.15, -0.1) is 0 Å². The Bertz CT molecular complexity index is 1170. The summed E-state index contributed by atoms with van der Waals surface area (Å²) in [4.78, 5) is 28.5. The minimum Gasteiger partial charge on any atom is -0.478 e. The summed E-state index contributed by atoms with van der Waals surface area (Å²) in [5.41, 5.74) is -0.747. The van der Waals surface area contributed by atoms with Gasteiger partial charge in [-0.25, -0.2) is 18.6 Å². The lowest BCUT2D eigenvalue weighted by Crippen LogP contribution is -2.37. The first kappa shape index (κ1) is 24.9. The van der Waals surface area contributed by atoms with Crippen molar-refractivity contribution < 1.29 is 28.2 Å². The number of aliphatic carboxylic acids is 1. The first-order chi connectivity index (χ1) is 16.1. The molecule has 2 aromatic carbocycles. The number of nitrogens with one attached hydrogen (secondary N) is 1. The molecule has 0 radical (unpaired) electrons. The second-order valence-corrected chi connectivity index (χ2v) is 8.37. The van der Waals surface area contributed by atoms with Gasteiger partial charge in [0, 0.05) is 24.4 Å². The fourth-order valence-corrected chi connectivity index (χ4v) is 3.25. The monoisotopic (exact) mass is 471 g/mol. The van der Waals surface area contributed by atoms with E-state index in [-0.39, 0.29) is 11.4 Å². The summed E-state index contributed by atoms with van der Waals surface area (Å²) in [6.07, 6.45) is 4.49. The van der Waals surface area contributed by atoms with Crippen molar-refractivity contribution in [2.75, 3.05) is 5.32 Å². The minimum absolute atomic E-state index is 0.0857. The standard InChI is InChI=1S/C25H27F2N3O4/c1-4-5-6-13-30-15-21(23(31)29-20-12-9-17(26)14-19(20)27)28-22(30)16-7-10-18(11-8-16)34-25(2,3)24(32)33/h7-12,14-15H,4-6,13H2,1-3H3,(H,29,31)(H,32,33). The number of carboxylic acid groups (broad SMARTS) is 1. The number of hydrogen-bond acceptors (Lipinski definition) is 4. The summed E-state index contributed by atoms with van der Waals surface area (Å²) in [6.45, 7) is 5.62. The molecule has 2 N–H and O–H groups in total. The van der Waals surface area contributed by atoms with E-state index in [4.69, 9.17) is 4.74 Å². The summed E-state index contributed by atoms with van der Waals surface area (Å²) in [7, 11) is 0. The topological polar surface area (TPSA) is 93.5 Å². The van der Waals surface area contributed by atoms with Gasteiger partial charge in [0.2, 0.25) is 0 Å². The third kappa shape index (κ3) is 5.98.